The first kappa shape index (κ1) is 14.2. The molecule has 1 aliphatic rings. The van der Waals surface area contributed by atoms with E-state index in [1.54, 1.807) is 6.92 Å². The second-order valence-corrected chi connectivity index (χ2v) is 4.85. The molecule has 1 unspecified atom stereocenters. The molecule has 3 N–H and O–H groups in total. The van der Waals surface area contributed by atoms with E-state index in [1.807, 2.05) is 30.3 Å². The molecule has 6 nitrogen and oxygen atoms in total. The smallest absolute Gasteiger partial charge is 0.249 e. The van der Waals surface area contributed by atoms with Gasteiger partial charge in [-0.05, 0) is 18.9 Å². The summed E-state index contributed by atoms with van der Waals surface area (Å²) in [6.07, 6.45) is 0.374. The van der Waals surface area contributed by atoms with Crippen molar-refractivity contribution in [3.63, 3.8) is 0 Å². The van der Waals surface area contributed by atoms with Crippen molar-refractivity contribution in [2.24, 2.45) is 5.73 Å². The lowest BCUT2D eigenvalue weighted by atomic mass is 10.0. The van der Waals surface area contributed by atoms with Gasteiger partial charge in [0, 0.05) is 0 Å². The fourth-order valence-corrected chi connectivity index (χ4v) is 2.15. The van der Waals surface area contributed by atoms with Crippen LogP contribution in [-0.2, 0) is 20.8 Å². The number of amides is 3. The minimum absolute atomic E-state index is 0.131. The van der Waals surface area contributed by atoms with E-state index in [2.05, 4.69) is 5.32 Å². The van der Waals surface area contributed by atoms with Crippen molar-refractivity contribution in [3.8, 4) is 0 Å². The van der Waals surface area contributed by atoms with Gasteiger partial charge in [0.2, 0.25) is 17.7 Å². The highest BCUT2D eigenvalue weighted by atomic mass is 16.2. The Bertz CT molecular complexity index is 530. The molecule has 2 rings (SSSR count). The van der Waals surface area contributed by atoms with Crippen LogP contribution in [0.15, 0.2) is 30.3 Å². The van der Waals surface area contributed by atoms with Gasteiger partial charge in [-0.15, -0.1) is 0 Å². The second kappa shape index (κ2) is 5.83. The number of nitrogens with two attached hydrogens (primary N) is 1. The number of carbonyl (C=O) groups excluding carboxylic acids is 3. The third-order valence-corrected chi connectivity index (χ3v) is 3.32. The summed E-state index contributed by atoms with van der Waals surface area (Å²) in [7, 11) is 0. The van der Waals surface area contributed by atoms with Gasteiger partial charge in [0.25, 0.3) is 0 Å². The topological polar surface area (TPSA) is 92.5 Å². The molecule has 1 aromatic rings. The minimum atomic E-state index is -0.765. The molecule has 0 saturated carbocycles. The zero-order valence-corrected chi connectivity index (χ0v) is 11.2. The molecule has 1 fully saturated rings. The minimum Gasteiger partial charge on any atom is -0.320 e. The SMILES string of the molecule is CC1C(=O)NC(=O)CN1C(=O)[C@H](N)Cc1ccccc1. The lowest BCUT2D eigenvalue weighted by molar-refractivity contribution is -0.150. The van der Waals surface area contributed by atoms with E-state index < -0.39 is 23.9 Å². The van der Waals surface area contributed by atoms with E-state index >= 15 is 0 Å². The maximum atomic E-state index is 12.3. The lowest BCUT2D eigenvalue weighted by Gasteiger charge is -2.33. The fourth-order valence-electron chi connectivity index (χ4n) is 2.15. The first-order chi connectivity index (χ1) is 9.49. The van der Waals surface area contributed by atoms with Crippen LogP contribution in [0.5, 0.6) is 0 Å². The predicted octanol–water partition coefficient (Wildman–Crippen LogP) is -0.570. The first-order valence-corrected chi connectivity index (χ1v) is 6.42. The lowest BCUT2D eigenvalue weighted by Crippen LogP contribution is -2.61. The average molecular weight is 275 g/mol. The van der Waals surface area contributed by atoms with E-state index in [0.717, 1.165) is 5.56 Å². The van der Waals surface area contributed by atoms with Crippen molar-refractivity contribution in [1.29, 1.82) is 0 Å². The molecule has 1 aromatic carbocycles. The predicted molar refractivity (Wildman–Crippen MR) is 72.4 cm³/mol. The fraction of sp³-hybridized carbons (Fsp3) is 0.357. The Morgan fingerprint density at radius 2 is 2.05 bits per heavy atom. The summed E-state index contributed by atoms with van der Waals surface area (Å²) in [5.41, 5.74) is 6.84. The quantitative estimate of drug-likeness (QED) is 0.723. The molecule has 106 valence electrons. The molecular weight excluding hydrogens is 258 g/mol. The molecule has 0 aromatic heterocycles. The number of imide groups is 1. The monoisotopic (exact) mass is 275 g/mol. The van der Waals surface area contributed by atoms with Crippen LogP contribution in [0.4, 0.5) is 0 Å². The summed E-state index contributed by atoms with van der Waals surface area (Å²) in [5, 5.41) is 2.19. The Kier molecular flexibility index (Phi) is 4.14. The Balaban J connectivity index is 2.06. The van der Waals surface area contributed by atoms with Gasteiger partial charge in [0.1, 0.15) is 12.6 Å². The highest BCUT2D eigenvalue weighted by molar-refractivity contribution is 6.04. The van der Waals surface area contributed by atoms with Crippen molar-refractivity contribution in [3.05, 3.63) is 35.9 Å². The summed E-state index contributed by atoms with van der Waals surface area (Å²) in [6, 6.07) is 7.93. The maximum Gasteiger partial charge on any atom is 0.249 e. The molecule has 2 atom stereocenters. The summed E-state index contributed by atoms with van der Waals surface area (Å²) in [4.78, 5) is 36.4. The van der Waals surface area contributed by atoms with Gasteiger partial charge in [0.15, 0.2) is 0 Å². The number of nitrogens with zero attached hydrogens (tertiary/aromatic N) is 1. The number of hydrogen-bond acceptors (Lipinski definition) is 4. The van der Waals surface area contributed by atoms with Crippen molar-refractivity contribution in [2.75, 3.05) is 6.54 Å². The van der Waals surface area contributed by atoms with E-state index in [1.165, 1.54) is 4.90 Å². The zero-order valence-electron chi connectivity index (χ0n) is 11.2. The van der Waals surface area contributed by atoms with E-state index in [4.69, 9.17) is 5.73 Å². The first-order valence-electron chi connectivity index (χ1n) is 6.42. The summed E-state index contributed by atoms with van der Waals surface area (Å²) < 4.78 is 0. The molecule has 1 heterocycles. The van der Waals surface area contributed by atoms with E-state index in [0.29, 0.717) is 6.42 Å². The zero-order chi connectivity index (χ0) is 14.7. The van der Waals surface area contributed by atoms with Gasteiger partial charge in [0.05, 0.1) is 6.04 Å². The van der Waals surface area contributed by atoms with E-state index in [9.17, 15) is 14.4 Å². The van der Waals surface area contributed by atoms with E-state index in [-0.39, 0.29) is 12.5 Å². The molecule has 20 heavy (non-hydrogen) atoms. The van der Waals surface area contributed by atoms with Crippen molar-refractivity contribution >= 4 is 17.7 Å². The van der Waals surface area contributed by atoms with Gasteiger partial charge in [-0.25, -0.2) is 0 Å². The Labute approximate surface area is 116 Å². The largest absolute Gasteiger partial charge is 0.320 e. The molecule has 0 bridgehead atoms. The van der Waals surface area contributed by atoms with Crippen LogP contribution in [-0.4, -0.2) is 41.2 Å². The highest BCUT2D eigenvalue weighted by Crippen LogP contribution is 2.09. The molecule has 0 aliphatic carbocycles. The van der Waals surface area contributed by atoms with Gasteiger partial charge < -0.3 is 10.6 Å². The molecular formula is C14H17N3O3. The Hall–Kier alpha value is -2.21. The van der Waals surface area contributed by atoms with Crippen LogP contribution >= 0.6 is 0 Å². The normalized spacial score (nSPS) is 20.5. The molecule has 1 saturated heterocycles. The Morgan fingerprint density at radius 3 is 2.70 bits per heavy atom. The van der Waals surface area contributed by atoms with Crippen LogP contribution < -0.4 is 11.1 Å². The van der Waals surface area contributed by atoms with Crippen LogP contribution in [0.3, 0.4) is 0 Å². The van der Waals surface area contributed by atoms with Gasteiger partial charge in [-0.3, -0.25) is 19.7 Å². The number of carbonyl (C=O) groups is 3. The van der Waals surface area contributed by atoms with Crippen molar-refractivity contribution < 1.29 is 14.4 Å². The van der Waals surface area contributed by atoms with Gasteiger partial charge in [-0.1, -0.05) is 30.3 Å². The van der Waals surface area contributed by atoms with Crippen LogP contribution in [0.2, 0.25) is 0 Å². The van der Waals surface area contributed by atoms with Crippen LogP contribution in [0, 0.1) is 0 Å². The molecule has 6 heteroatoms. The summed E-state index contributed by atoms with van der Waals surface area (Å²) >= 11 is 0. The molecule has 1 aliphatic heterocycles. The number of rotatable bonds is 3. The third-order valence-electron chi connectivity index (χ3n) is 3.32. The van der Waals surface area contributed by atoms with Crippen LogP contribution in [0.25, 0.3) is 0 Å². The average Bonchev–Trinajstić information content (AvgIpc) is 2.43. The third kappa shape index (κ3) is 3.03. The summed E-state index contributed by atoms with van der Waals surface area (Å²) in [6.45, 7) is 1.45. The number of piperazine rings is 1. The molecule has 0 radical (unpaired) electrons. The summed E-state index contributed by atoms with van der Waals surface area (Å²) in [5.74, 6) is -1.33. The van der Waals surface area contributed by atoms with Crippen molar-refractivity contribution in [2.45, 2.75) is 25.4 Å². The maximum absolute atomic E-state index is 12.3. The molecule has 3 amide bonds. The van der Waals surface area contributed by atoms with Crippen LogP contribution in [0.1, 0.15) is 12.5 Å². The van der Waals surface area contributed by atoms with Gasteiger partial charge in [-0.2, -0.15) is 0 Å². The number of benzene rings is 1. The molecule has 0 spiro atoms. The Morgan fingerprint density at radius 1 is 1.40 bits per heavy atom. The second-order valence-electron chi connectivity index (χ2n) is 4.85. The highest BCUT2D eigenvalue weighted by Gasteiger charge is 2.35. The van der Waals surface area contributed by atoms with Gasteiger partial charge >= 0.3 is 0 Å². The number of nitrogens with one attached hydrogen (secondary N) is 1. The van der Waals surface area contributed by atoms with Crippen molar-refractivity contribution in [1.82, 2.24) is 10.2 Å². The standard InChI is InChI=1S/C14H17N3O3/c1-9-13(19)16-12(18)8-17(9)14(20)11(15)7-10-5-3-2-4-6-10/h2-6,9,11H,7-8,15H2,1H3,(H,16,18,19)/t9?,11-/m1/s1. The number of hydrogen-bond donors (Lipinski definition) is 2.